The van der Waals surface area contributed by atoms with Crippen LogP contribution in [-0.2, 0) is 14.3 Å². The van der Waals surface area contributed by atoms with E-state index in [0.717, 1.165) is 12.8 Å². The number of carbonyl (C=O) groups is 1. The maximum Gasteiger partial charge on any atom is 0.335 e. The molecule has 1 heterocycles. The second-order valence-electron chi connectivity index (χ2n) is 4.59. The van der Waals surface area contributed by atoms with Gasteiger partial charge in [-0.1, -0.05) is 45.4 Å². The lowest BCUT2D eigenvalue weighted by Crippen LogP contribution is -2.12. The van der Waals surface area contributed by atoms with Gasteiger partial charge in [0.1, 0.15) is 5.76 Å². The maximum absolute atomic E-state index is 11.1. The average Bonchev–Trinajstić information content (AvgIpc) is 2.68. The second kappa shape index (κ2) is 8.15. The summed E-state index contributed by atoms with van der Waals surface area (Å²) in [6.45, 7) is 2.23. The number of methoxy groups -OCH3 is 1. The Labute approximate surface area is 104 Å². The van der Waals surface area contributed by atoms with Crippen molar-refractivity contribution in [2.45, 2.75) is 64.4 Å². The van der Waals surface area contributed by atoms with Crippen molar-refractivity contribution in [2.75, 3.05) is 7.11 Å². The molecule has 0 spiro atoms. The summed E-state index contributed by atoms with van der Waals surface area (Å²) in [6.07, 6.45) is 11.1. The van der Waals surface area contributed by atoms with Gasteiger partial charge in [-0.05, 0) is 12.8 Å². The Hall–Kier alpha value is -0.990. The number of ether oxygens (including phenoxy) is 2. The van der Waals surface area contributed by atoms with Crippen LogP contribution in [0.1, 0.15) is 58.3 Å². The van der Waals surface area contributed by atoms with E-state index in [4.69, 9.17) is 9.47 Å². The fourth-order valence-electron chi connectivity index (χ4n) is 2.12. The molecule has 1 unspecified atom stereocenters. The minimum absolute atomic E-state index is 0.136. The summed E-state index contributed by atoms with van der Waals surface area (Å²) in [6, 6.07) is 0. The van der Waals surface area contributed by atoms with E-state index in [0.29, 0.717) is 5.76 Å². The first kappa shape index (κ1) is 14.1. The normalized spacial score (nSPS) is 19.1. The lowest BCUT2D eigenvalue weighted by atomic mass is 10.1. The van der Waals surface area contributed by atoms with E-state index in [2.05, 4.69) is 6.92 Å². The molecule has 1 aliphatic heterocycles. The van der Waals surface area contributed by atoms with Crippen LogP contribution in [0.25, 0.3) is 0 Å². The Balaban J connectivity index is 2.03. The summed E-state index contributed by atoms with van der Waals surface area (Å²) >= 11 is 0. The van der Waals surface area contributed by atoms with Gasteiger partial charge in [-0.25, -0.2) is 4.79 Å². The monoisotopic (exact) mass is 240 g/mol. The Morgan fingerprint density at radius 1 is 1.18 bits per heavy atom. The third kappa shape index (κ3) is 5.24. The first-order chi connectivity index (χ1) is 8.27. The minimum atomic E-state index is -0.269. The van der Waals surface area contributed by atoms with E-state index in [1.807, 2.05) is 0 Å². The van der Waals surface area contributed by atoms with Crippen LogP contribution in [0.15, 0.2) is 11.8 Å². The third-order valence-corrected chi connectivity index (χ3v) is 3.14. The highest BCUT2D eigenvalue weighted by molar-refractivity contribution is 5.85. The fourth-order valence-corrected chi connectivity index (χ4v) is 2.12. The molecule has 0 bridgehead atoms. The summed E-state index contributed by atoms with van der Waals surface area (Å²) in [4.78, 5) is 11.1. The van der Waals surface area contributed by atoms with Gasteiger partial charge in [0.05, 0.1) is 13.2 Å². The molecule has 0 saturated heterocycles. The number of rotatable bonds is 9. The lowest BCUT2D eigenvalue weighted by Gasteiger charge is -2.12. The number of unbranched alkanes of at least 4 members (excludes halogenated alkanes) is 6. The van der Waals surface area contributed by atoms with Crippen LogP contribution < -0.4 is 0 Å². The minimum Gasteiger partial charge on any atom is -0.497 e. The van der Waals surface area contributed by atoms with Crippen molar-refractivity contribution in [3.63, 3.8) is 0 Å². The van der Waals surface area contributed by atoms with Crippen molar-refractivity contribution in [3.8, 4) is 0 Å². The van der Waals surface area contributed by atoms with Gasteiger partial charge in [0.2, 0.25) is 0 Å². The van der Waals surface area contributed by atoms with Gasteiger partial charge in [0, 0.05) is 0 Å². The maximum atomic E-state index is 11.1. The molecular weight excluding hydrogens is 216 g/mol. The molecule has 1 aliphatic rings. The molecule has 17 heavy (non-hydrogen) atoms. The van der Waals surface area contributed by atoms with Crippen LogP contribution in [0.3, 0.4) is 0 Å². The summed E-state index contributed by atoms with van der Waals surface area (Å²) in [7, 11) is 1.59. The molecule has 0 aromatic rings. The highest BCUT2D eigenvalue weighted by atomic mass is 16.6. The van der Waals surface area contributed by atoms with Crippen LogP contribution in [0.2, 0.25) is 0 Å². The molecule has 0 radical (unpaired) electrons. The van der Waals surface area contributed by atoms with E-state index in [1.54, 1.807) is 7.11 Å². The third-order valence-electron chi connectivity index (χ3n) is 3.14. The molecule has 0 aromatic carbocycles. The van der Waals surface area contributed by atoms with Crippen molar-refractivity contribution >= 4 is 5.97 Å². The molecule has 98 valence electrons. The van der Waals surface area contributed by atoms with Crippen molar-refractivity contribution in [2.24, 2.45) is 0 Å². The number of carbonyl (C=O) groups excluding carboxylic acids is 1. The zero-order chi connectivity index (χ0) is 12.5. The Kier molecular flexibility index (Phi) is 6.75. The van der Waals surface area contributed by atoms with E-state index < -0.39 is 0 Å². The highest BCUT2D eigenvalue weighted by Crippen LogP contribution is 2.21. The average molecular weight is 240 g/mol. The molecule has 0 aliphatic carbocycles. The number of hydrogen-bond acceptors (Lipinski definition) is 3. The number of cyclic esters (lactones) is 1. The lowest BCUT2D eigenvalue weighted by molar-refractivity contribution is -0.139. The van der Waals surface area contributed by atoms with Crippen LogP contribution in [0, 0.1) is 0 Å². The van der Waals surface area contributed by atoms with Gasteiger partial charge in [0.15, 0.2) is 6.10 Å². The number of esters is 1. The Bertz CT molecular complexity index is 258. The van der Waals surface area contributed by atoms with Gasteiger partial charge in [0.25, 0.3) is 0 Å². The van der Waals surface area contributed by atoms with Gasteiger partial charge < -0.3 is 9.47 Å². The van der Waals surface area contributed by atoms with Gasteiger partial charge in [-0.3, -0.25) is 0 Å². The summed E-state index contributed by atoms with van der Waals surface area (Å²) in [5, 5.41) is 0. The van der Waals surface area contributed by atoms with Crippen molar-refractivity contribution in [1.82, 2.24) is 0 Å². The van der Waals surface area contributed by atoms with E-state index in [9.17, 15) is 4.79 Å². The summed E-state index contributed by atoms with van der Waals surface area (Å²) < 4.78 is 10.3. The predicted octanol–water partition coefficient (Wildman–Crippen LogP) is 3.58. The Morgan fingerprint density at radius 3 is 2.47 bits per heavy atom. The molecule has 3 heteroatoms. The Morgan fingerprint density at radius 2 is 1.82 bits per heavy atom. The molecule has 1 atom stereocenters. The summed E-state index contributed by atoms with van der Waals surface area (Å²) in [5.41, 5.74) is 0. The molecule has 0 aromatic heterocycles. The second-order valence-corrected chi connectivity index (χ2v) is 4.59. The molecule has 0 saturated carbocycles. The highest BCUT2D eigenvalue weighted by Gasteiger charge is 2.26. The topological polar surface area (TPSA) is 35.5 Å². The van der Waals surface area contributed by atoms with E-state index in [-0.39, 0.29) is 12.1 Å². The molecule has 1 rings (SSSR count). The van der Waals surface area contributed by atoms with Gasteiger partial charge in [-0.2, -0.15) is 0 Å². The van der Waals surface area contributed by atoms with Gasteiger partial charge in [-0.15, -0.1) is 0 Å². The van der Waals surface area contributed by atoms with E-state index in [1.165, 1.54) is 44.6 Å². The first-order valence-electron chi connectivity index (χ1n) is 6.74. The predicted molar refractivity (Wildman–Crippen MR) is 67.6 cm³/mol. The molecule has 0 N–H and O–H groups in total. The fraction of sp³-hybridized carbons (Fsp3) is 0.786. The van der Waals surface area contributed by atoms with Crippen LogP contribution in [-0.4, -0.2) is 19.2 Å². The SMILES string of the molecule is CCCCCCCCCC1OC(=O)C=C1OC. The van der Waals surface area contributed by atoms with Crippen LogP contribution in [0.5, 0.6) is 0 Å². The molecule has 3 nitrogen and oxygen atoms in total. The van der Waals surface area contributed by atoms with Crippen LogP contribution >= 0.6 is 0 Å². The summed E-state index contributed by atoms with van der Waals surface area (Å²) in [5.74, 6) is 0.413. The molecule has 0 fully saturated rings. The van der Waals surface area contributed by atoms with Gasteiger partial charge >= 0.3 is 5.97 Å². The quantitative estimate of drug-likeness (QED) is 0.456. The van der Waals surface area contributed by atoms with E-state index >= 15 is 0 Å². The van der Waals surface area contributed by atoms with Crippen molar-refractivity contribution in [3.05, 3.63) is 11.8 Å². The smallest absolute Gasteiger partial charge is 0.335 e. The number of hydrogen-bond donors (Lipinski definition) is 0. The molecular formula is C14H24O3. The first-order valence-corrected chi connectivity index (χ1v) is 6.74. The standard InChI is InChI=1S/C14H24O3/c1-3-4-5-6-7-8-9-10-12-13(16-2)11-14(15)17-12/h11-12H,3-10H2,1-2H3. The zero-order valence-electron chi connectivity index (χ0n) is 11.0. The molecule has 0 amide bonds. The zero-order valence-corrected chi connectivity index (χ0v) is 11.0. The van der Waals surface area contributed by atoms with Crippen LogP contribution in [0.4, 0.5) is 0 Å². The largest absolute Gasteiger partial charge is 0.497 e. The van der Waals surface area contributed by atoms with Crippen molar-refractivity contribution in [1.29, 1.82) is 0 Å². The van der Waals surface area contributed by atoms with Crippen molar-refractivity contribution < 1.29 is 14.3 Å².